The molecule has 8 nitrogen and oxygen atoms in total. The van der Waals surface area contributed by atoms with E-state index in [0.29, 0.717) is 11.4 Å². The molecule has 0 aliphatic heterocycles. The van der Waals surface area contributed by atoms with Crippen molar-refractivity contribution in [2.75, 3.05) is 18.5 Å². The van der Waals surface area contributed by atoms with Crippen molar-refractivity contribution >= 4 is 39.2 Å². The van der Waals surface area contributed by atoms with Crippen LogP contribution in [-0.4, -0.2) is 30.0 Å². The highest BCUT2D eigenvalue weighted by Gasteiger charge is 2.10. The van der Waals surface area contributed by atoms with Gasteiger partial charge in [0, 0.05) is 22.3 Å². The van der Waals surface area contributed by atoms with E-state index in [2.05, 4.69) is 21.2 Å². The molecule has 0 fully saturated rings. The third-order valence-corrected chi connectivity index (χ3v) is 3.43. The summed E-state index contributed by atoms with van der Waals surface area (Å²) < 4.78 is 10.9. The van der Waals surface area contributed by atoms with Gasteiger partial charge in [-0.2, -0.15) is 0 Å². The number of anilines is 1. The molecule has 2 aromatic carbocycles. The van der Waals surface area contributed by atoms with Crippen LogP contribution in [0, 0.1) is 10.1 Å². The largest absolute Gasteiger partial charge is 0.482 e. The van der Waals surface area contributed by atoms with Crippen molar-refractivity contribution in [1.29, 1.82) is 0 Å². The van der Waals surface area contributed by atoms with E-state index in [1.54, 1.807) is 24.3 Å². The van der Waals surface area contributed by atoms with Crippen LogP contribution in [0.3, 0.4) is 0 Å². The van der Waals surface area contributed by atoms with Gasteiger partial charge < -0.3 is 14.8 Å². The first kappa shape index (κ1) is 18.4. The van der Waals surface area contributed by atoms with E-state index in [4.69, 9.17) is 9.47 Å². The second-order valence-electron chi connectivity index (χ2n) is 4.76. The zero-order valence-electron chi connectivity index (χ0n) is 12.8. The Hall–Kier alpha value is -2.94. The SMILES string of the molecule is O=C(COC(=O)COc1ccc(Br)cc1)Nc1ccc([N+](=O)[O-])cc1. The lowest BCUT2D eigenvalue weighted by molar-refractivity contribution is -0.384. The maximum Gasteiger partial charge on any atom is 0.344 e. The van der Waals surface area contributed by atoms with Crippen LogP contribution in [0.15, 0.2) is 53.0 Å². The van der Waals surface area contributed by atoms with Gasteiger partial charge in [-0.3, -0.25) is 14.9 Å². The van der Waals surface area contributed by atoms with Crippen LogP contribution >= 0.6 is 15.9 Å². The maximum atomic E-state index is 11.7. The highest BCUT2D eigenvalue weighted by molar-refractivity contribution is 9.10. The van der Waals surface area contributed by atoms with Crippen molar-refractivity contribution in [3.8, 4) is 5.75 Å². The number of nitrogens with one attached hydrogen (secondary N) is 1. The Bertz CT molecular complexity index is 761. The molecule has 1 N–H and O–H groups in total. The van der Waals surface area contributed by atoms with E-state index >= 15 is 0 Å². The molecule has 2 aromatic rings. The van der Waals surface area contributed by atoms with E-state index in [1.807, 2.05) is 0 Å². The Labute approximate surface area is 151 Å². The Morgan fingerprint density at radius 3 is 2.28 bits per heavy atom. The molecule has 9 heteroatoms. The molecule has 0 aliphatic rings. The molecular weight excluding hydrogens is 396 g/mol. The third kappa shape index (κ3) is 6.22. The van der Waals surface area contributed by atoms with Crippen molar-refractivity contribution in [2.45, 2.75) is 0 Å². The van der Waals surface area contributed by atoms with Crippen molar-refractivity contribution in [3.05, 3.63) is 63.1 Å². The summed E-state index contributed by atoms with van der Waals surface area (Å²) in [5.41, 5.74) is 0.271. The quantitative estimate of drug-likeness (QED) is 0.428. The van der Waals surface area contributed by atoms with Crippen LogP contribution in [0.2, 0.25) is 0 Å². The Morgan fingerprint density at radius 1 is 1.04 bits per heavy atom. The molecular formula is C16H13BrN2O6. The van der Waals surface area contributed by atoms with Gasteiger partial charge in [0.05, 0.1) is 4.92 Å². The van der Waals surface area contributed by atoms with E-state index in [0.717, 1.165) is 4.47 Å². The summed E-state index contributed by atoms with van der Waals surface area (Å²) in [6, 6.07) is 12.2. The Morgan fingerprint density at radius 2 is 1.68 bits per heavy atom. The summed E-state index contributed by atoms with van der Waals surface area (Å²) in [4.78, 5) is 33.2. The van der Waals surface area contributed by atoms with E-state index in [1.165, 1.54) is 24.3 Å². The molecule has 0 saturated heterocycles. The maximum absolute atomic E-state index is 11.7. The number of nitrogens with zero attached hydrogens (tertiary/aromatic N) is 1. The van der Waals surface area contributed by atoms with Crippen LogP contribution in [0.25, 0.3) is 0 Å². The van der Waals surface area contributed by atoms with Gasteiger partial charge in [0.15, 0.2) is 13.2 Å². The summed E-state index contributed by atoms with van der Waals surface area (Å²) in [7, 11) is 0. The van der Waals surface area contributed by atoms with Gasteiger partial charge in [-0.15, -0.1) is 0 Å². The first-order valence-electron chi connectivity index (χ1n) is 7.02. The van der Waals surface area contributed by atoms with Crippen LogP contribution in [-0.2, 0) is 14.3 Å². The summed E-state index contributed by atoms with van der Waals surface area (Å²) in [5, 5.41) is 13.0. The monoisotopic (exact) mass is 408 g/mol. The van der Waals surface area contributed by atoms with Crippen molar-refractivity contribution in [2.24, 2.45) is 0 Å². The fourth-order valence-corrected chi connectivity index (χ4v) is 1.99. The number of hydrogen-bond acceptors (Lipinski definition) is 6. The first-order valence-corrected chi connectivity index (χ1v) is 7.81. The minimum atomic E-state index is -0.693. The van der Waals surface area contributed by atoms with Crippen LogP contribution in [0.4, 0.5) is 11.4 Å². The lowest BCUT2D eigenvalue weighted by Gasteiger charge is -2.08. The number of nitro groups is 1. The number of esters is 1. The predicted octanol–water partition coefficient (Wildman–Crippen LogP) is 2.92. The number of rotatable bonds is 7. The number of nitro benzene ring substituents is 1. The van der Waals surface area contributed by atoms with Crippen LogP contribution < -0.4 is 10.1 Å². The van der Waals surface area contributed by atoms with Gasteiger partial charge in [-0.05, 0) is 36.4 Å². The smallest absolute Gasteiger partial charge is 0.344 e. The normalized spacial score (nSPS) is 9.96. The molecule has 1 amide bonds. The molecule has 25 heavy (non-hydrogen) atoms. The van der Waals surface area contributed by atoms with Crippen molar-refractivity contribution in [3.63, 3.8) is 0 Å². The summed E-state index contributed by atoms with van der Waals surface area (Å²) >= 11 is 3.28. The minimum Gasteiger partial charge on any atom is -0.482 e. The summed E-state index contributed by atoms with van der Waals surface area (Å²) in [6.07, 6.45) is 0. The highest BCUT2D eigenvalue weighted by atomic mass is 79.9. The topological polar surface area (TPSA) is 108 Å². The summed E-state index contributed by atoms with van der Waals surface area (Å²) in [5.74, 6) is -0.761. The molecule has 0 heterocycles. The number of non-ortho nitro benzene ring substituents is 1. The molecule has 0 radical (unpaired) electrons. The van der Waals surface area contributed by atoms with Gasteiger partial charge in [-0.1, -0.05) is 15.9 Å². The van der Waals surface area contributed by atoms with Gasteiger partial charge >= 0.3 is 5.97 Å². The lowest BCUT2D eigenvalue weighted by Crippen LogP contribution is -2.23. The minimum absolute atomic E-state index is 0.0884. The predicted molar refractivity (Wildman–Crippen MR) is 92.3 cm³/mol. The zero-order chi connectivity index (χ0) is 18.2. The van der Waals surface area contributed by atoms with Gasteiger partial charge in [0.1, 0.15) is 5.75 Å². The number of benzene rings is 2. The number of carbonyl (C=O) groups is 2. The Balaban J connectivity index is 1.72. The number of hydrogen-bond donors (Lipinski definition) is 1. The fraction of sp³-hybridized carbons (Fsp3) is 0.125. The lowest BCUT2D eigenvalue weighted by atomic mass is 10.3. The van der Waals surface area contributed by atoms with Gasteiger partial charge in [0.2, 0.25) is 0 Å². The van der Waals surface area contributed by atoms with E-state index < -0.39 is 23.4 Å². The molecule has 0 bridgehead atoms. The molecule has 0 aliphatic carbocycles. The summed E-state index contributed by atoms with van der Waals surface area (Å²) in [6.45, 7) is -0.814. The second kappa shape index (κ2) is 8.78. The van der Waals surface area contributed by atoms with Crippen molar-refractivity contribution < 1.29 is 24.0 Å². The van der Waals surface area contributed by atoms with Crippen LogP contribution in [0.1, 0.15) is 0 Å². The molecule has 0 spiro atoms. The van der Waals surface area contributed by atoms with Crippen molar-refractivity contribution in [1.82, 2.24) is 0 Å². The Kier molecular flexibility index (Phi) is 6.47. The number of carbonyl (C=O) groups excluding carboxylic acids is 2. The zero-order valence-corrected chi connectivity index (χ0v) is 14.4. The molecule has 2 rings (SSSR count). The van der Waals surface area contributed by atoms with Crippen LogP contribution in [0.5, 0.6) is 5.75 Å². The molecule has 130 valence electrons. The average molecular weight is 409 g/mol. The standard InChI is InChI=1S/C16H13BrN2O6/c17-11-1-7-14(8-2-11)24-10-16(21)25-9-15(20)18-12-3-5-13(6-4-12)19(22)23/h1-8H,9-10H2,(H,18,20). The number of amides is 1. The van der Waals surface area contributed by atoms with Gasteiger partial charge in [-0.25, -0.2) is 4.79 Å². The number of halogens is 1. The average Bonchev–Trinajstić information content (AvgIpc) is 2.60. The molecule has 0 saturated carbocycles. The van der Waals surface area contributed by atoms with Gasteiger partial charge in [0.25, 0.3) is 11.6 Å². The van der Waals surface area contributed by atoms with E-state index in [-0.39, 0.29) is 12.3 Å². The van der Waals surface area contributed by atoms with E-state index in [9.17, 15) is 19.7 Å². The number of ether oxygens (including phenoxy) is 2. The first-order chi connectivity index (χ1) is 11.9. The molecule has 0 aromatic heterocycles. The second-order valence-corrected chi connectivity index (χ2v) is 5.67. The molecule has 0 unspecified atom stereocenters. The third-order valence-electron chi connectivity index (χ3n) is 2.90. The fourth-order valence-electron chi connectivity index (χ4n) is 1.72. The highest BCUT2D eigenvalue weighted by Crippen LogP contribution is 2.16. The molecule has 0 atom stereocenters.